The van der Waals surface area contributed by atoms with Gasteiger partial charge in [0.05, 0.1) is 20.3 Å². The number of ether oxygens (including phenoxy) is 3. The van der Waals surface area contributed by atoms with E-state index in [4.69, 9.17) is 14.2 Å². The summed E-state index contributed by atoms with van der Waals surface area (Å²) in [6.45, 7) is 6.06. The molecule has 2 aromatic carbocycles. The van der Waals surface area contributed by atoms with Crippen LogP contribution in [0.4, 0.5) is 4.39 Å². The Kier molecular flexibility index (Phi) is 8.98. The van der Waals surface area contributed by atoms with Crippen LogP contribution in [0.1, 0.15) is 45.2 Å². The number of hydrogen-bond acceptors (Lipinski definition) is 8. The zero-order valence-electron chi connectivity index (χ0n) is 23.4. The van der Waals surface area contributed by atoms with E-state index in [-0.39, 0.29) is 25.1 Å². The number of methoxy groups -OCH3 is 2. The van der Waals surface area contributed by atoms with Crippen molar-refractivity contribution in [1.82, 2.24) is 30.4 Å². The maximum absolute atomic E-state index is 13.8. The third kappa shape index (κ3) is 7.12. The molecule has 0 saturated carbocycles. The topological polar surface area (TPSA) is 121 Å². The molecule has 1 aliphatic rings. The standard InChI is InChI=1S/C28H35FN6O5/c1-28(2,3)30-27(37)25(18-8-11-20(29)12-9-18)34(16-21-7-6-14-40-21)24(36)17-35-32-26(31-33-35)19-10-13-22(38-4)23(15-19)39-5/h8-13,15,21,25H,6-7,14,16-17H2,1-5H3,(H,30,37)/t21-,25+/m1/s1. The maximum Gasteiger partial charge on any atom is 0.247 e. The molecule has 0 unspecified atom stereocenters. The number of rotatable bonds is 10. The summed E-state index contributed by atoms with van der Waals surface area (Å²) in [5, 5.41) is 15.5. The second kappa shape index (κ2) is 12.4. The Morgan fingerprint density at radius 1 is 1.15 bits per heavy atom. The fourth-order valence-corrected chi connectivity index (χ4v) is 4.53. The van der Waals surface area contributed by atoms with Gasteiger partial charge in [0.2, 0.25) is 17.6 Å². The van der Waals surface area contributed by atoms with Gasteiger partial charge in [-0.3, -0.25) is 9.59 Å². The minimum absolute atomic E-state index is 0.176. The van der Waals surface area contributed by atoms with Crippen LogP contribution < -0.4 is 14.8 Å². The number of benzene rings is 2. The van der Waals surface area contributed by atoms with Crippen LogP contribution in [-0.2, 0) is 20.9 Å². The predicted molar refractivity (Wildman–Crippen MR) is 144 cm³/mol. The molecular weight excluding hydrogens is 519 g/mol. The van der Waals surface area contributed by atoms with E-state index in [1.807, 2.05) is 20.8 Å². The van der Waals surface area contributed by atoms with E-state index in [9.17, 15) is 14.0 Å². The van der Waals surface area contributed by atoms with Crippen molar-refractivity contribution in [1.29, 1.82) is 0 Å². The first kappa shape index (κ1) is 28.9. The van der Waals surface area contributed by atoms with Crippen molar-refractivity contribution in [2.24, 2.45) is 0 Å². The molecule has 40 heavy (non-hydrogen) atoms. The Bertz CT molecular complexity index is 1320. The molecule has 2 amide bonds. The second-order valence-electron chi connectivity index (χ2n) is 10.6. The minimum atomic E-state index is -1.02. The van der Waals surface area contributed by atoms with Gasteiger partial charge in [0.15, 0.2) is 11.5 Å². The Labute approximate surface area is 232 Å². The summed E-state index contributed by atoms with van der Waals surface area (Å²) in [5.74, 6) is 0.111. The average Bonchev–Trinajstić information content (AvgIpc) is 3.60. The third-order valence-electron chi connectivity index (χ3n) is 6.36. The number of nitrogens with one attached hydrogen (secondary N) is 1. The Morgan fingerprint density at radius 2 is 1.88 bits per heavy atom. The summed E-state index contributed by atoms with van der Waals surface area (Å²) in [4.78, 5) is 30.1. The molecule has 1 saturated heterocycles. The van der Waals surface area contributed by atoms with E-state index in [0.717, 1.165) is 12.8 Å². The van der Waals surface area contributed by atoms with Crippen LogP contribution in [0.15, 0.2) is 42.5 Å². The third-order valence-corrected chi connectivity index (χ3v) is 6.36. The van der Waals surface area contributed by atoms with Gasteiger partial charge in [-0.15, -0.1) is 10.2 Å². The van der Waals surface area contributed by atoms with Crippen LogP contribution in [0.3, 0.4) is 0 Å². The molecule has 0 bridgehead atoms. The minimum Gasteiger partial charge on any atom is -0.493 e. The number of carbonyl (C=O) groups is 2. The number of halogens is 1. The van der Waals surface area contributed by atoms with Gasteiger partial charge in [-0.2, -0.15) is 4.80 Å². The largest absolute Gasteiger partial charge is 0.493 e. The molecule has 2 heterocycles. The van der Waals surface area contributed by atoms with Gasteiger partial charge >= 0.3 is 0 Å². The molecule has 1 fully saturated rings. The normalized spacial score (nSPS) is 15.9. The van der Waals surface area contributed by atoms with Gasteiger partial charge in [0.1, 0.15) is 18.4 Å². The van der Waals surface area contributed by atoms with Gasteiger partial charge in [-0.1, -0.05) is 12.1 Å². The Morgan fingerprint density at radius 3 is 2.50 bits per heavy atom. The van der Waals surface area contributed by atoms with E-state index in [1.54, 1.807) is 25.3 Å². The lowest BCUT2D eigenvalue weighted by Crippen LogP contribution is -2.51. The number of tetrazole rings is 1. The number of aromatic nitrogens is 4. The summed E-state index contributed by atoms with van der Waals surface area (Å²) >= 11 is 0. The van der Waals surface area contributed by atoms with Crippen LogP contribution in [0, 0.1) is 5.82 Å². The zero-order valence-corrected chi connectivity index (χ0v) is 23.4. The van der Waals surface area contributed by atoms with Crippen LogP contribution in [0.2, 0.25) is 0 Å². The lowest BCUT2D eigenvalue weighted by atomic mass is 10.0. The van der Waals surface area contributed by atoms with Gasteiger partial charge in [-0.25, -0.2) is 4.39 Å². The van der Waals surface area contributed by atoms with E-state index in [1.165, 1.54) is 41.1 Å². The van der Waals surface area contributed by atoms with Crippen molar-refractivity contribution in [3.63, 3.8) is 0 Å². The van der Waals surface area contributed by atoms with Gasteiger partial charge in [0.25, 0.3) is 0 Å². The van der Waals surface area contributed by atoms with Crippen molar-refractivity contribution in [3.8, 4) is 22.9 Å². The Balaban J connectivity index is 1.64. The van der Waals surface area contributed by atoms with E-state index < -0.39 is 23.3 Å². The summed E-state index contributed by atoms with van der Waals surface area (Å²) in [6.07, 6.45) is 1.38. The van der Waals surface area contributed by atoms with Crippen molar-refractivity contribution in [2.75, 3.05) is 27.4 Å². The summed E-state index contributed by atoms with van der Waals surface area (Å²) < 4.78 is 30.2. The monoisotopic (exact) mass is 554 g/mol. The molecule has 0 aliphatic carbocycles. The highest BCUT2D eigenvalue weighted by Crippen LogP contribution is 2.31. The molecule has 214 valence electrons. The molecular formula is C28H35FN6O5. The fraction of sp³-hybridized carbons (Fsp3) is 0.464. The smallest absolute Gasteiger partial charge is 0.247 e. The van der Waals surface area contributed by atoms with Crippen LogP contribution in [0.5, 0.6) is 11.5 Å². The van der Waals surface area contributed by atoms with Gasteiger partial charge in [-0.05, 0) is 74.7 Å². The molecule has 1 N–H and O–H groups in total. The first-order valence-corrected chi connectivity index (χ1v) is 13.1. The highest BCUT2D eigenvalue weighted by molar-refractivity contribution is 5.89. The van der Waals surface area contributed by atoms with E-state index in [2.05, 4.69) is 20.7 Å². The molecule has 4 rings (SSSR count). The van der Waals surface area contributed by atoms with Crippen LogP contribution in [0.25, 0.3) is 11.4 Å². The molecule has 3 aromatic rings. The molecule has 0 radical (unpaired) electrons. The summed E-state index contributed by atoms with van der Waals surface area (Å²) in [7, 11) is 3.07. The number of carbonyl (C=O) groups excluding carboxylic acids is 2. The SMILES string of the molecule is COc1ccc(-c2nnn(CC(=O)N(C[C@H]3CCCO3)[C@H](C(=O)NC(C)(C)C)c3ccc(F)cc3)n2)cc1OC. The molecule has 0 spiro atoms. The number of amides is 2. The highest BCUT2D eigenvalue weighted by Gasteiger charge is 2.36. The van der Waals surface area contributed by atoms with Gasteiger partial charge in [0, 0.05) is 24.3 Å². The Hall–Kier alpha value is -4.06. The number of hydrogen-bond donors (Lipinski definition) is 1. The molecule has 1 aromatic heterocycles. The summed E-state index contributed by atoms with van der Waals surface area (Å²) in [5.41, 5.74) is 0.545. The molecule has 11 nitrogen and oxygen atoms in total. The van der Waals surface area contributed by atoms with Crippen molar-refractivity contribution >= 4 is 11.8 Å². The highest BCUT2D eigenvalue weighted by atomic mass is 19.1. The lowest BCUT2D eigenvalue weighted by molar-refractivity contribution is -0.144. The average molecular weight is 555 g/mol. The van der Waals surface area contributed by atoms with E-state index >= 15 is 0 Å². The van der Waals surface area contributed by atoms with Gasteiger partial charge < -0.3 is 24.4 Å². The fourth-order valence-electron chi connectivity index (χ4n) is 4.53. The van der Waals surface area contributed by atoms with Crippen molar-refractivity contribution in [2.45, 2.75) is 57.8 Å². The second-order valence-corrected chi connectivity index (χ2v) is 10.6. The molecule has 2 atom stereocenters. The van der Waals surface area contributed by atoms with Crippen LogP contribution >= 0.6 is 0 Å². The first-order chi connectivity index (χ1) is 19.1. The van der Waals surface area contributed by atoms with Crippen molar-refractivity contribution < 1.29 is 28.2 Å². The number of nitrogens with zero attached hydrogens (tertiary/aromatic N) is 5. The van der Waals surface area contributed by atoms with Crippen LogP contribution in [-0.4, -0.2) is 75.9 Å². The first-order valence-electron chi connectivity index (χ1n) is 13.1. The quantitative estimate of drug-likeness (QED) is 0.406. The molecule has 12 heteroatoms. The maximum atomic E-state index is 13.8. The van der Waals surface area contributed by atoms with E-state index in [0.29, 0.717) is 35.1 Å². The zero-order chi connectivity index (χ0) is 28.9. The lowest BCUT2D eigenvalue weighted by Gasteiger charge is -2.34. The summed E-state index contributed by atoms with van der Waals surface area (Å²) in [6, 6.07) is 9.76. The predicted octanol–water partition coefficient (Wildman–Crippen LogP) is 3.16. The molecule has 1 aliphatic heterocycles. The van der Waals surface area contributed by atoms with Crippen molar-refractivity contribution in [3.05, 3.63) is 53.8 Å².